The fourth-order valence-corrected chi connectivity index (χ4v) is 2.61. The minimum Gasteiger partial charge on any atom is -0.493 e. The minimum atomic E-state index is -0.887. The van der Waals surface area contributed by atoms with Gasteiger partial charge in [-0.05, 0) is 62.6 Å². The molecule has 0 aromatic heterocycles. The molecule has 1 N–H and O–H groups in total. The number of methoxy groups -OCH3 is 1. The van der Waals surface area contributed by atoms with Crippen molar-refractivity contribution >= 4 is 11.8 Å². The van der Waals surface area contributed by atoms with Crippen molar-refractivity contribution in [2.45, 2.75) is 34.3 Å². The number of carbonyl (C=O) groups excluding carboxylic acids is 1. The molecule has 0 saturated carbocycles. The molecule has 2 rings (SSSR count). The van der Waals surface area contributed by atoms with E-state index >= 15 is 0 Å². The van der Waals surface area contributed by atoms with Gasteiger partial charge in [0.05, 0.1) is 25.0 Å². The lowest BCUT2D eigenvalue weighted by atomic mass is 10.1. The average Bonchev–Trinajstić information content (AvgIpc) is 2.63. The number of rotatable bonds is 6. The first-order valence-corrected chi connectivity index (χ1v) is 8.41. The Labute approximate surface area is 153 Å². The van der Waals surface area contributed by atoms with Gasteiger partial charge in [0.2, 0.25) is 0 Å². The molecule has 0 heterocycles. The molecule has 2 aromatic carbocycles. The second kappa shape index (κ2) is 8.58. The van der Waals surface area contributed by atoms with E-state index in [1.165, 1.54) is 12.7 Å². The largest absolute Gasteiger partial charge is 0.493 e. The first-order valence-electron chi connectivity index (χ1n) is 8.41. The monoisotopic (exact) mass is 359 g/mol. The number of anilines is 1. The summed E-state index contributed by atoms with van der Waals surface area (Å²) in [6.07, 6.45) is -0.887. The Morgan fingerprint density at radius 1 is 1.04 bits per heavy atom. The average molecular weight is 359 g/mol. The highest BCUT2D eigenvalue weighted by Gasteiger charge is 2.21. The van der Waals surface area contributed by atoms with Crippen LogP contribution in [0.5, 0.6) is 11.5 Å². The Hall–Kier alpha value is -2.73. The Morgan fingerprint density at radius 3 is 2.38 bits per heavy atom. The first-order chi connectivity index (χ1) is 12.4. The molecule has 1 amide bonds. The predicted molar refractivity (Wildman–Crippen MR) is 99.3 cm³/mol. The maximum Gasteiger partial charge on any atom is 0.438 e. The predicted octanol–water partition coefficient (Wildman–Crippen LogP) is 4.55. The summed E-state index contributed by atoms with van der Waals surface area (Å²) in [4.78, 5) is 11.7. The van der Waals surface area contributed by atoms with Crippen LogP contribution in [0.15, 0.2) is 30.3 Å². The van der Waals surface area contributed by atoms with E-state index in [0.29, 0.717) is 23.0 Å². The van der Waals surface area contributed by atoms with E-state index in [-0.39, 0.29) is 12.3 Å². The molecule has 0 unspecified atom stereocenters. The fraction of sp³-hybridized carbons (Fsp3) is 0.350. The molecule has 0 atom stereocenters. The van der Waals surface area contributed by atoms with Crippen LogP contribution in [0, 0.1) is 20.8 Å². The van der Waals surface area contributed by atoms with E-state index in [1.54, 1.807) is 18.2 Å². The summed E-state index contributed by atoms with van der Waals surface area (Å²) in [6.45, 7) is 8.49. The molecule has 0 aliphatic rings. The second-order valence-corrected chi connectivity index (χ2v) is 5.96. The van der Waals surface area contributed by atoms with E-state index in [2.05, 4.69) is 17.7 Å². The SMILES string of the molecule is CCOc1cccc(N(O)C(=O)OC)c1COc1cc(C)c(C)cc1C. The molecule has 0 spiro atoms. The highest BCUT2D eigenvalue weighted by Crippen LogP contribution is 2.32. The van der Waals surface area contributed by atoms with Crippen LogP contribution in [0.25, 0.3) is 0 Å². The summed E-state index contributed by atoms with van der Waals surface area (Å²) in [5.41, 5.74) is 4.14. The molecular formula is C20H25NO5. The minimum absolute atomic E-state index is 0.128. The molecule has 6 heteroatoms. The molecule has 0 fully saturated rings. The summed E-state index contributed by atoms with van der Waals surface area (Å²) < 4.78 is 16.2. The molecule has 0 bridgehead atoms. The molecule has 140 valence electrons. The number of hydroxylamine groups is 1. The molecule has 2 aromatic rings. The number of nitrogens with zero attached hydrogens (tertiary/aromatic N) is 1. The van der Waals surface area contributed by atoms with Crippen molar-refractivity contribution in [3.05, 3.63) is 52.6 Å². The number of carbonyl (C=O) groups is 1. The van der Waals surface area contributed by atoms with E-state index in [4.69, 9.17) is 9.47 Å². The molecule has 6 nitrogen and oxygen atoms in total. The van der Waals surface area contributed by atoms with Crippen LogP contribution in [0.2, 0.25) is 0 Å². The molecule has 26 heavy (non-hydrogen) atoms. The second-order valence-electron chi connectivity index (χ2n) is 5.96. The third-order valence-electron chi connectivity index (χ3n) is 4.15. The summed E-state index contributed by atoms with van der Waals surface area (Å²) in [5.74, 6) is 1.28. The quantitative estimate of drug-likeness (QED) is 0.605. The van der Waals surface area contributed by atoms with Crippen molar-refractivity contribution in [2.75, 3.05) is 18.8 Å². The van der Waals surface area contributed by atoms with Gasteiger partial charge in [-0.3, -0.25) is 5.21 Å². The van der Waals surface area contributed by atoms with E-state index in [1.807, 2.05) is 26.8 Å². The fourth-order valence-electron chi connectivity index (χ4n) is 2.61. The van der Waals surface area contributed by atoms with Crippen LogP contribution in [-0.2, 0) is 11.3 Å². The van der Waals surface area contributed by atoms with Crippen molar-refractivity contribution in [3.8, 4) is 11.5 Å². The van der Waals surface area contributed by atoms with Gasteiger partial charge < -0.3 is 14.2 Å². The smallest absolute Gasteiger partial charge is 0.438 e. The maximum absolute atomic E-state index is 11.7. The van der Waals surface area contributed by atoms with Crippen molar-refractivity contribution < 1.29 is 24.2 Å². The van der Waals surface area contributed by atoms with Crippen molar-refractivity contribution in [2.24, 2.45) is 0 Å². The Morgan fingerprint density at radius 2 is 1.73 bits per heavy atom. The maximum atomic E-state index is 11.7. The molecule has 0 saturated heterocycles. The number of benzene rings is 2. The first kappa shape index (κ1) is 19.6. The summed E-state index contributed by atoms with van der Waals surface area (Å²) in [7, 11) is 1.20. The van der Waals surface area contributed by atoms with Gasteiger partial charge in [-0.1, -0.05) is 12.1 Å². The zero-order valence-corrected chi connectivity index (χ0v) is 15.8. The number of ether oxygens (including phenoxy) is 3. The summed E-state index contributed by atoms with van der Waals surface area (Å²) in [6, 6.07) is 9.10. The lowest BCUT2D eigenvalue weighted by molar-refractivity contribution is 0.140. The van der Waals surface area contributed by atoms with Crippen LogP contribution in [0.3, 0.4) is 0 Å². The lowest BCUT2D eigenvalue weighted by Gasteiger charge is -2.20. The van der Waals surface area contributed by atoms with Crippen LogP contribution in [0.4, 0.5) is 10.5 Å². The molecular weight excluding hydrogens is 334 g/mol. The summed E-state index contributed by atoms with van der Waals surface area (Å²) >= 11 is 0. The third-order valence-corrected chi connectivity index (χ3v) is 4.15. The van der Waals surface area contributed by atoms with Crippen molar-refractivity contribution in [1.29, 1.82) is 0 Å². The van der Waals surface area contributed by atoms with Crippen LogP contribution < -0.4 is 14.5 Å². The molecule has 0 aliphatic carbocycles. The van der Waals surface area contributed by atoms with Crippen LogP contribution in [0.1, 0.15) is 29.2 Å². The molecule has 0 aliphatic heterocycles. The highest BCUT2D eigenvalue weighted by atomic mass is 16.6. The van der Waals surface area contributed by atoms with Crippen molar-refractivity contribution in [1.82, 2.24) is 0 Å². The topological polar surface area (TPSA) is 68.2 Å². The number of aryl methyl sites for hydroxylation is 3. The Balaban J connectivity index is 2.37. The van der Waals surface area contributed by atoms with E-state index in [9.17, 15) is 10.0 Å². The van der Waals surface area contributed by atoms with E-state index < -0.39 is 6.09 Å². The Bertz CT molecular complexity index is 788. The van der Waals surface area contributed by atoms with E-state index in [0.717, 1.165) is 16.9 Å². The lowest BCUT2D eigenvalue weighted by Crippen LogP contribution is -2.28. The standard InChI is InChI=1S/C20H25NO5/c1-6-25-18-9-7-8-17(21(23)20(22)24-5)16(18)12-26-19-11-14(3)13(2)10-15(19)4/h7-11,23H,6,12H2,1-5H3. The zero-order chi connectivity index (χ0) is 19.3. The number of hydrogen-bond donors (Lipinski definition) is 1. The van der Waals surface area contributed by atoms with Crippen LogP contribution >= 0.6 is 0 Å². The van der Waals surface area contributed by atoms with Gasteiger partial charge >= 0.3 is 6.09 Å². The third kappa shape index (κ3) is 4.26. The number of amides is 1. The van der Waals surface area contributed by atoms with Gasteiger partial charge in [0, 0.05) is 0 Å². The summed E-state index contributed by atoms with van der Waals surface area (Å²) in [5, 5.41) is 10.6. The molecule has 0 radical (unpaired) electrons. The van der Waals surface area contributed by atoms with Gasteiger partial charge in [0.15, 0.2) is 0 Å². The van der Waals surface area contributed by atoms with Gasteiger partial charge in [-0.25, -0.2) is 4.79 Å². The number of hydrogen-bond acceptors (Lipinski definition) is 5. The van der Waals surface area contributed by atoms with Gasteiger partial charge in [-0.15, -0.1) is 0 Å². The zero-order valence-electron chi connectivity index (χ0n) is 15.8. The van der Waals surface area contributed by atoms with Crippen LogP contribution in [-0.4, -0.2) is 25.0 Å². The van der Waals surface area contributed by atoms with Gasteiger partial charge in [-0.2, -0.15) is 5.06 Å². The van der Waals surface area contributed by atoms with Gasteiger partial charge in [0.25, 0.3) is 0 Å². The highest BCUT2D eigenvalue weighted by molar-refractivity contribution is 5.86. The Kier molecular flexibility index (Phi) is 6.46. The van der Waals surface area contributed by atoms with Gasteiger partial charge in [0.1, 0.15) is 18.1 Å². The normalized spacial score (nSPS) is 10.4. The van der Waals surface area contributed by atoms with Crippen molar-refractivity contribution in [3.63, 3.8) is 0 Å².